The maximum absolute atomic E-state index is 13.0. The molecular formula is C18H26N2O3S2. The quantitative estimate of drug-likeness (QED) is 0.781. The zero-order valence-corrected chi connectivity index (χ0v) is 16.1. The zero-order chi connectivity index (χ0) is 17.5. The molecule has 3 rings (SSSR count). The normalized spacial score (nSPS) is 24.4. The molecule has 0 aromatic heterocycles. The van der Waals surface area contributed by atoms with Gasteiger partial charge in [0.2, 0.25) is 10.0 Å². The van der Waals surface area contributed by atoms with E-state index >= 15 is 0 Å². The largest absolute Gasteiger partial charge is 0.379 e. The number of hydrogen-bond donors (Lipinski definition) is 0. The fourth-order valence-corrected chi connectivity index (χ4v) is 5.75. The standard InChI is InChI=1S/C18H26N2O3S2/c21-25(22,14-7-17-5-2-1-3-6-17)20-8-4-13-24-16-18(20)15-19-9-11-23-12-10-19/h1-3,5-7,14,18H,4,8-13,15-16H2/b14-7+/t18-/m1/s1. The molecule has 2 saturated heterocycles. The Hall–Kier alpha value is -0.860. The number of morpholine rings is 1. The molecule has 2 aliphatic heterocycles. The van der Waals surface area contributed by atoms with Crippen LogP contribution >= 0.6 is 11.8 Å². The Morgan fingerprint density at radius 2 is 1.92 bits per heavy atom. The van der Waals surface area contributed by atoms with Crippen LogP contribution in [0.25, 0.3) is 6.08 Å². The highest BCUT2D eigenvalue weighted by molar-refractivity contribution is 7.99. The first-order valence-electron chi connectivity index (χ1n) is 8.78. The van der Waals surface area contributed by atoms with Crippen molar-refractivity contribution in [3.05, 3.63) is 41.3 Å². The first-order chi connectivity index (χ1) is 12.1. The van der Waals surface area contributed by atoms with Gasteiger partial charge in [-0.25, -0.2) is 8.42 Å². The first-order valence-corrected chi connectivity index (χ1v) is 11.4. The minimum atomic E-state index is -3.42. The van der Waals surface area contributed by atoms with Gasteiger partial charge in [0.05, 0.1) is 13.2 Å². The molecule has 1 atom stereocenters. The average molecular weight is 383 g/mol. The summed E-state index contributed by atoms with van der Waals surface area (Å²) in [5, 5.41) is 1.37. The molecule has 0 unspecified atom stereocenters. The molecular weight excluding hydrogens is 356 g/mol. The van der Waals surface area contributed by atoms with Gasteiger partial charge in [0.1, 0.15) is 0 Å². The molecule has 5 nitrogen and oxygen atoms in total. The summed E-state index contributed by atoms with van der Waals surface area (Å²) in [7, 11) is -3.42. The van der Waals surface area contributed by atoms with Gasteiger partial charge in [0.15, 0.2) is 0 Å². The molecule has 0 N–H and O–H groups in total. The monoisotopic (exact) mass is 382 g/mol. The SMILES string of the molecule is O=S(=O)(/C=C/c1ccccc1)N1CCCSC[C@H]1CN1CCOCC1. The molecule has 0 saturated carbocycles. The maximum Gasteiger partial charge on any atom is 0.236 e. The number of thioether (sulfide) groups is 1. The molecule has 7 heteroatoms. The van der Waals surface area contributed by atoms with Crippen LogP contribution in [0.3, 0.4) is 0 Å². The zero-order valence-electron chi connectivity index (χ0n) is 14.4. The Morgan fingerprint density at radius 1 is 1.16 bits per heavy atom. The number of nitrogens with zero attached hydrogens (tertiary/aromatic N) is 2. The lowest BCUT2D eigenvalue weighted by atomic mass is 10.2. The van der Waals surface area contributed by atoms with Gasteiger partial charge in [-0.3, -0.25) is 4.90 Å². The number of ether oxygens (including phenoxy) is 1. The van der Waals surface area contributed by atoms with Crippen molar-refractivity contribution in [2.24, 2.45) is 0 Å². The van der Waals surface area contributed by atoms with E-state index in [1.807, 2.05) is 42.1 Å². The molecule has 1 aromatic carbocycles. The Bertz CT molecular complexity index is 658. The van der Waals surface area contributed by atoms with Crippen LogP contribution in [-0.2, 0) is 14.8 Å². The maximum atomic E-state index is 13.0. The highest BCUT2D eigenvalue weighted by atomic mass is 32.2. The number of rotatable bonds is 5. The van der Waals surface area contributed by atoms with E-state index in [0.29, 0.717) is 6.54 Å². The van der Waals surface area contributed by atoms with Gasteiger partial charge in [-0.15, -0.1) is 0 Å². The van der Waals surface area contributed by atoms with E-state index < -0.39 is 10.0 Å². The van der Waals surface area contributed by atoms with Gasteiger partial charge < -0.3 is 4.74 Å². The lowest BCUT2D eigenvalue weighted by Crippen LogP contribution is -2.49. The van der Waals surface area contributed by atoms with Crippen LogP contribution in [-0.4, -0.2) is 74.6 Å². The van der Waals surface area contributed by atoms with Crippen molar-refractivity contribution in [3.63, 3.8) is 0 Å². The van der Waals surface area contributed by atoms with Gasteiger partial charge in [-0.2, -0.15) is 16.1 Å². The molecule has 0 bridgehead atoms. The predicted molar refractivity (Wildman–Crippen MR) is 104 cm³/mol. The van der Waals surface area contributed by atoms with Crippen molar-refractivity contribution in [3.8, 4) is 0 Å². The van der Waals surface area contributed by atoms with Crippen molar-refractivity contribution in [2.45, 2.75) is 12.5 Å². The molecule has 0 amide bonds. The Morgan fingerprint density at radius 3 is 2.68 bits per heavy atom. The Kier molecular flexibility index (Phi) is 6.95. The van der Waals surface area contributed by atoms with Gasteiger partial charge in [0, 0.05) is 43.4 Å². The number of sulfonamides is 1. The average Bonchev–Trinajstić information content (AvgIpc) is 2.88. The summed E-state index contributed by atoms with van der Waals surface area (Å²) in [6.07, 6.45) is 2.60. The fraction of sp³-hybridized carbons (Fsp3) is 0.556. The van der Waals surface area contributed by atoms with Gasteiger partial charge in [0.25, 0.3) is 0 Å². The molecule has 2 heterocycles. The van der Waals surface area contributed by atoms with Crippen molar-refractivity contribution in [1.82, 2.24) is 9.21 Å². The van der Waals surface area contributed by atoms with Crippen LogP contribution in [0.1, 0.15) is 12.0 Å². The highest BCUT2D eigenvalue weighted by Crippen LogP contribution is 2.22. The minimum absolute atomic E-state index is 0.0241. The summed E-state index contributed by atoms with van der Waals surface area (Å²) in [5.74, 6) is 1.88. The summed E-state index contributed by atoms with van der Waals surface area (Å²) >= 11 is 1.86. The van der Waals surface area contributed by atoms with Crippen molar-refractivity contribution in [1.29, 1.82) is 0 Å². The molecule has 1 aromatic rings. The van der Waals surface area contributed by atoms with Crippen molar-refractivity contribution >= 4 is 27.9 Å². The van der Waals surface area contributed by atoms with Gasteiger partial charge in [-0.1, -0.05) is 30.3 Å². The van der Waals surface area contributed by atoms with E-state index in [1.54, 1.807) is 10.4 Å². The van der Waals surface area contributed by atoms with Crippen LogP contribution in [0.5, 0.6) is 0 Å². The van der Waals surface area contributed by atoms with Crippen LogP contribution < -0.4 is 0 Å². The third kappa shape index (κ3) is 5.56. The van der Waals surface area contributed by atoms with Crippen LogP contribution in [0.4, 0.5) is 0 Å². The first kappa shape index (κ1) is 18.9. The van der Waals surface area contributed by atoms with Crippen LogP contribution in [0.15, 0.2) is 35.7 Å². The van der Waals surface area contributed by atoms with E-state index in [2.05, 4.69) is 4.90 Å². The molecule has 2 aliphatic rings. The summed E-state index contributed by atoms with van der Waals surface area (Å²) in [6.45, 7) is 4.63. The van der Waals surface area contributed by atoms with E-state index in [4.69, 9.17) is 4.74 Å². The smallest absolute Gasteiger partial charge is 0.236 e. The topological polar surface area (TPSA) is 49.9 Å². The number of hydrogen-bond acceptors (Lipinski definition) is 5. The molecule has 0 aliphatic carbocycles. The molecule has 25 heavy (non-hydrogen) atoms. The third-order valence-electron chi connectivity index (χ3n) is 4.52. The highest BCUT2D eigenvalue weighted by Gasteiger charge is 2.31. The molecule has 0 radical (unpaired) electrons. The molecule has 2 fully saturated rings. The predicted octanol–water partition coefficient (Wildman–Crippen LogP) is 2.13. The summed E-state index contributed by atoms with van der Waals surface area (Å²) < 4.78 is 33.0. The van der Waals surface area contributed by atoms with Crippen LogP contribution in [0.2, 0.25) is 0 Å². The molecule has 138 valence electrons. The lowest BCUT2D eigenvalue weighted by Gasteiger charge is -2.34. The van der Waals surface area contributed by atoms with Crippen LogP contribution in [0, 0.1) is 0 Å². The van der Waals surface area contributed by atoms with Crippen molar-refractivity contribution in [2.75, 3.05) is 50.9 Å². The van der Waals surface area contributed by atoms with E-state index in [9.17, 15) is 8.42 Å². The van der Waals surface area contributed by atoms with E-state index in [0.717, 1.165) is 56.3 Å². The lowest BCUT2D eigenvalue weighted by molar-refractivity contribution is 0.0309. The Labute approximate surface area is 155 Å². The van der Waals surface area contributed by atoms with Gasteiger partial charge in [-0.05, 0) is 23.8 Å². The second-order valence-electron chi connectivity index (χ2n) is 6.36. The summed E-state index contributed by atoms with van der Waals surface area (Å²) in [5.41, 5.74) is 0.903. The van der Waals surface area contributed by atoms with E-state index in [1.165, 1.54) is 5.41 Å². The number of benzene rings is 1. The molecule has 0 spiro atoms. The minimum Gasteiger partial charge on any atom is -0.379 e. The summed E-state index contributed by atoms with van der Waals surface area (Å²) in [6, 6.07) is 9.60. The Balaban J connectivity index is 1.73. The summed E-state index contributed by atoms with van der Waals surface area (Å²) in [4.78, 5) is 2.32. The fourth-order valence-electron chi connectivity index (χ4n) is 3.17. The third-order valence-corrected chi connectivity index (χ3v) is 7.33. The second kappa shape index (κ2) is 9.19. The van der Waals surface area contributed by atoms with E-state index in [-0.39, 0.29) is 6.04 Å². The van der Waals surface area contributed by atoms with Crippen molar-refractivity contribution < 1.29 is 13.2 Å². The van der Waals surface area contributed by atoms with Gasteiger partial charge >= 0.3 is 0 Å². The second-order valence-corrected chi connectivity index (χ2v) is 9.29.